The van der Waals surface area contributed by atoms with Crippen molar-refractivity contribution in [3.8, 4) is 0 Å². The van der Waals surface area contributed by atoms with E-state index in [0.717, 1.165) is 28.8 Å². The maximum atomic E-state index is 13.2. The van der Waals surface area contributed by atoms with E-state index < -0.39 is 28.8 Å². The maximum absolute atomic E-state index is 13.2. The van der Waals surface area contributed by atoms with Gasteiger partial charge < -0.3 is 5.32 Å². The summed E-state index contributed by atoms with van der Waals surface area (Å²) in [5, 5.41) is 10.5. The van der Waals surface area contributed by atoms with Gasteiger partial charge in [-0.3, -0.25) is 14.2 Å². The molecule has 2 unspecified atom stereocenters. The molecule has 0 bridgehead atoms. The molecule has 2 aromatic heterocycles. The molecule has 0 aromatic carbocycles. The number of amides is 1. The molecule has 0 aliphatic heterocycles. The van der Waals surface area contributed by atoms with Crippen LogP contribution in [-0.2, 0) is 17.5 Å². The summed E-state index contributed by atoms with van der Waals surface area (Å²) in [5.41, 5.74) is 0.810. The van der Waals surface area contributed by atoms with E-state index in [1.165, 1.54) is 6.92 Å². The fourth-order valence-electron chi connectivity index (χ4n) is 3.27. The number of aryl methyl sites for hydroxylation is 2. The zero-order chi connectivity index (χ0) is 20.8. The predicted molar refractivity (Wildman–Crippen MR) is 98.1 cm³/mol. The molecular formula is C18H23ClF3N5O. The van der Waals surface area contributed by atoms with Crippen LogP contribution in [0.4, 0.5) is 13.2 Å². The van der Waals surface area contributed by atoms with Gasteiger partial charge in [0, 0.05) is 24.2 Å². The molecule has 2 heterocycles. The summed E-state index contributed by atoms with van der Waals surface area (Å²) in [7, 11) is 0. The normalized spacial score (nSPS) is 16.9. The van der Waals surface area contributed by atoms with Crippen molar-refractivity contribution >= 4 is 17.5 Å². The Labute approximate surface area is 166 Å². The van der Waals surface area contributed by atoms with Gasteiger partial charge in [-0.1, -0.05) is 11.6 Å². The van der Waals surface area contributed by atoms with E-state index in [4.69, 9.17) is 11.6 Å². The highest BCUT2D eigenvalue weighted by molar-refractivity contribution is 6.32. The third-order valence-corrected chi connectivity index (χ3v) is 5.37. The average molecular weight is 418 g/mol. The van der Waals surface area contributed by atoms with Gasteiger partial charge in [0.2, 0.25) is 5.91 Å². The third-order valence-electron chi connectivity index (χ3n) is 5.00. The van der Waals surface area contributed by atoms with E-state index in [9.17, 15) is 18.0 Å². The van der Waals surface area contributed by atoms with Crippen LogP contribution < -0.4 is 5.32 Å². The maximum Gasteiger partial charge on any atom is 0.436 e. The van der Waals surface area contributed by atoms with Gasteiger partial charge in [0.15, 0.2) is 5.69 Å². The molecule has 1 aliphatic rings. The number of hydrogen-bond acceptors (Lipinski definition) is 3. The molecule has 1 N–H and O–H groups in total. The first-order valence-corrected chi connectivity index (χ1v) is 9.61. The number of nitrogens with one attached hydrogen (secondary N) is 1. The van der Waals surface area contributed by atoms with Crippen LogP contribution in [0.3, 0.4) is 0 Å². The van der Waals surface area contributed by atoms with Crippen LogP contribution in [0.1, 0.15) is 74.3 Å². The second-order valence-corrected chi connectivity index (χ2v) is 7.57. The van der Waals surface area contributed by atoms with Gasteiger partial charge in [-0.25, -0.2) is 0 Å². The van der Waals surface area contributed by atoms with Crippen molar-refractivity contribution in [2.45, 2.75) is 71.3 Å². The molecule has 2 aromatic rings. The minimum absolute atomic E-state index is 0.0891. The van der Waals surface area contributed by atoms with Crippen molar-refractivity contribution in [2.75, 3.05) is 0 Å². The minimum Gasteiger partial charge on any atom is -0.348 e. The number of nitrogens with zero attached hydrogens (tertiary/aromatic N) is 4. The van der Waals surface area contributed by atoms with E-state index in [1.54, 1.807) is 4.68 Å². The van der Waals surface area contributed by atoms with E-state index in [1.807, 2.05) is 27.0 Å². The van der Waals surface area contributed by atoms with Gasteiger partial charge in [-0.15, -0.1) is 0 Å². The number of carbonyl (C=O) groups excluding carboxylic acids is 1. The highest BCUT2D eigenvalue weighted by Gasteiger charge is 2.43. The van der Waals surface area contributed by atoms with Gasteiger partial charge in [0.25, 0.3) is 0 Å². The van der Waals surface area contributed by atoms with Gasteiger partial charge in [-0.05, 0) is 40.5 Å². The summed E-state index contributed by atoms with van der Waals surface area (Å²) >= 11 is 5.99. The van der Waals surface area contributed by atoms with Crippen molar-refractivity contribution in [3.05, 3.63) is 33.9 Å². The van der Waals surface area contributed by atoms with Gasteiger partial charge in [-0.2, -0.15) is 23.4 Å². The van der Waals surface area contributed by atoms with Crippen LogP contribution in [-0.4, -0.2) is 25.5 Å². The molecule has 0 spiro atoms. The molecule has 28 heavy (non-hydrogen) atoms. The molecule has 1 saturated carbocycles. The lowest BCUT2D eigenvalue weighted by molar-refractivity contribution is -0.141. The molecular weight excluding hydrogens is 395 g/mol. The van der Waals surface area contributed by atoms with Gasteiger partial charge in [0.1, 0.15) is 6.04 Å². The molecule has 10 heteroatoms. The molecule has 0 saturated heterocycles. The summed E-state index contributed by atoms with van der Waals surface area (Å²) in [6.07, 6.45) is -1.33. The van der Waals surface area contributed by atoms with Crippen molar-refractivity contribution in [1.82, 2.24) is 24.9 Å². The van der Waals surface area contributed by atoms with E-state index in [-0.39, 0.29) is 12.0 Å². The van der Waals surface area contributed by atoms with Crippen LogP contribution in [0.15, 0.2) is 6.20 Å². The number of aromatic nitrogens is 4. The molecule has 154 valence electrons. The van der Waals surface area contributed by atoms with Crippen molar-refractivity contribution in [1.29, 1.82) is 0 Å². The second kappa shape index (κ2) is 7.42. The predicted octanol–water partition coefficient (Wildman–Crippen LogP) is 4.40. The quantitative estimate of drug-likeness (QED) is 0.757. The summed E-state index contributed by atoms with van der Waals surface area (Å²) in [5.74, 6) is -0.514. The Bertz CT molecular complexity index is 885. The number of halogens is 4. The number of carbonyl (C=O) groups is 1. The largest absolute Gasteiger partial charge is 0.436 e. The van der Waals surface area contributed by atoms with E-state index >= 15 is 0 Å². The van der Waals surface area contributed by atoms with Crippen LogP contribution in [0.5, 0.6) is 0 Å². The van der Waals surface area contributed by atoms with Crippen molar-refractivity contribution < 1.29 is 18.0 Å². The Balaban J connectivity index is 1.84. The van der Waals surface area contributed by atoms with Crippen LogP contribution in [0.2, 0.25) is 5.02 Å². The molecule has 1 aliphatic carbocycles. The molecule has 6 nitrogen and oxygen atoms in total. The smallest absolute Gasteiger partial charge is 0.348 e. The van der Waals surface area contributed by atoms with Crippen LogP contribution in [0, 0.1) is 6.92 Å². The van der Waals surface area contributed by atoms with Crippen molar-refractivity contribution in [3.63, 3.8) is 0 Å². The van der Waals surface area contributed by atoms with Gasteiger partial charge in [0.05, 0.1) is 22.5 Å². The topological polar surface area (TPSA) is 64.7 Å². The molecule has 0 radical (unpaired) electrons. The standard InChI is InChI=1S/C18H23ClF3N5O/c1-5-26-8-13(10(3)24-26)9(2)23-17(28)11(4)27-15(12-6-7-12)14(19)16(25-27)18(20,21)22/h8-9,11-12H,5-7H2,1-4H3,(H,23,28). The van der Waals surface area contributed by atoms with E-state index in [2.05, 4.69) is 15.5 Å². The highest BCUT2D eigenvalue weighted by atomic mass is 35.5. The third kappa shape index (κ3) is 3.90. The summed E-state index contributed by atoms with van der Waals surface area (Å²) in [6.45, 7) is 7.85. The molecule has 3 rings (SSSR count). The van der Waals surface area contributed by atoms with Gasteiger partial charge >= 0.3 is 6.18 Å². The average Bonchev–Trinajstić information content (AvgIpc) is 3.27. The number of rotatable bonds is 6. The Morgan fingerprint density at radius 2 is 2.00 bits per heavy atom. The Morgan fingerprint density at radius 1 is 1.36 bits per heavy atom. The van der Waals surface area contributed by atoms with Crippen LogP contribution >= 0.6 is 11.6 Å². The highest BCUT2D eigenvalue weighted by Crippen LogP contribution is 2.47. The van der Waals surface area contributed by atoms with Crippen LogP contribution in [0.25, 0.3) is 0 Å². The van der Waals surface area contributed by atoms with Crippen molar-refractivity contribution in [2.24, 2.45) is 0 Å². The lowest BCUT2D eigenvalue weighted by Crippen LogP contribution is -2.34. The first-order chi connectivity index (χ1) is 13.0. The molecule has 2 atom stereocenters. The lowest BCUT2D eigenvalue weighted by atomic mass is 10.1. The summed E-state index contributed by atoms with van der Waals surface area (Å²) < 4.78 is 42.6. The zero-order valence-corrected chi connectivity index (χ0v) is 16.9. The first kappa shape index (κ1) is 20.7. The lowest BCUT2D eigenvalue weighted by Gasteiger charge is -2.19. The number of hydrogen-bond donors (Lipinski definition) is 1. The molecule has 1 fully saturated rings. The Hall–Kier alpha value is -2.03. The Morgan fingerprint density at radius 3 is 2.50 bits per heavy atom. The Kier molecular flexibility index (Phi) is 5.49. The van der Waals surface area contributed by atoms with E-state index in [0.29, 0.717) is 12.2 Å². The monoisotopic (exact) mass is 417 g/mol. The number of alkyl halides is 3. The second-order valence-electron chi connectivity index (χ2n) is 7.20. The summed E-state index contributed by atoms with van der Waals surface area (Å²) in [6, 6.07) is -1.26. The fraction of sp³-hybridized carbons (Fsp3) is 0.611. The first-order valence-electron chi connectivity index (χ1n) is 9.24. The molecule has 1 amide bonds. The fourth-order valence-corrected chi connectivity index (χ4v) is 3.66. The zero-order valence-electron chi connectivity index (χ0n) is 16.1. The minimum atomic E-state index is -4.67. The SMILES string of the molecule is CCn1cc(C(C)NC(=O)C(C)n2nc(C(F)(F)F)c(Cl)c2C2CC2)c(C)n1. The summed E-state index contributed by atoms with van der Waals surface area (Å²) in [4.78, 5) is 12.8.